The fourth-order valence-corrected chi connectivity index (χ4v) is 10.6. The Hall–Kier alpha value is -7.04. The number of rotatable bonds is 6. The standard InChI is InChI=1S/C62H58N2O2/c1-39-19-9-13-29-50(39)63(52-31-16-24-43-21-11-12-25-44(61(3,4)5)38-65-58(43)52)54-37-55(48-36-34-42-23-15-22-41-33-35-47(54)57(48)56(41)42)64(51-30-14-10-20-40(51)2)53-32-18-27-46-45-26-17-28-49(62(6,7)8)59(45)66-60(46)53/h9-16,18-20,22-25,27-37H,17,21,26,38H2,1-8H3/b12-11-,44-25+. The predicted octanol–water partition coefficient (Wildman–Crippen LogP) is 17.7. The zero-order valence-corrected chi connectivity index (χ0v) is 39.6. The van der Waals surface area contributed by atoms with Crippen LogP contribution >= 0.6 is 0 Å². The highest BCUT2D eigenvalue weighted by atomic mass is 16.5. The SMILES string of the molecule is Cc1ccccc1N(c1cccc2c1OC/C(C(C)(C)C)=C\C=C/C2)c1cc(N(c2ccccc2C)c2cccc3c4c(oc23)C(C(C)(C)C)=CCC4)c2ccc3cccc4ccc1c2c43. The van der Waals surface area contributed by atoms with Crippen LogP contribution in [0.3, 0.4) is 0 Å². The highest BCUT2D eigenvalue weighted by Gasteiger charge is 2.32. The van der Waals surface area contributed by atoms with Gasteiger partial charge >= 0.3 is 0 Å². The van der Waals surface area contributed by atoms with Crippen LogP contribution in [0.25, 0.3) is 48.9 Å². The topological polar surface area (TPSA) is 28.9 Å². The largest absolute Gasteiger partial charge is 0.487 e. The molecule has 8 aromatic carbocycles. The van der Waals surface area contributed by atoms with Gasteiger partial charge in [-0.05, 0) is 113 Å². The molecule has 0 unspecified atom stereocenters. The first kappa shape index (κ1) is 41.7. The molecule has 0 radical (unpaired) electrons. The molecule has 0 saturated heterocycles. The van der Waals surface area contributed by atoms with Gasteiger partial charge in [0.05, 0.1) is 22.7 Å². The monoisotopic (exact) mass is 862 g/mol. The van der Waals surface area contributed by atoms with Gasteiger partial charge in [-0.1, -0.05) is 169 Å². The van der Waals surface area contributed by atoms with Crippen LogP contribution in [0.5, 0.6) is 5.75 Å². The van der Waals surface area contributed by atoms with Crippen molar-refractivity contribution in [3.8, 4) is 5.75 Å². The van der Waals surface area contributed by atoms with Gasteiger partial charge in [-0.3, -0.25) is 0 Å². The van der Waals surface area contributed by atoms with Crippen molar-refractivity contribution in [1.82, 2.24) is 0 Å². The quantitative estimate of drug-likeness (QED) is 0.156. The van der Waals surface area contributed by atoms with Gasteiger partial charge in [0.25, 0.3) is 0 Å². The minimum absolute atomic E-state index is 0.0553. The first-order valence-electron chi connectivity index (χ1n) is 23.6. The van der Waals surface area contributed by atoms with Crippen LogP contribution in [0.2, 0.25) is 0 Å². The van der Waals surface area contributed by atoms with E-state index in [1.165, 1.54) is 65.5 Å². The molecule has 11 rings (SSSR count). The number of hydrogen-bond acceptors (Lipinski definition) is 4. The molecule has 0 bridgehead atoms. The number of furan rings is 1. The summed E-state index contributed by atoms with van der Waals surface area (Å²) >= 11 is 0. The van der Waals surface area contributed by atoms with E-state index in [9.17, 15) is 0 Å². The second kappa shape index (κ2) is 15.8. The maximum absolute atomic E-state index is 7.26. The van der Waals surface area contributed by atoms with Crippen molar-refractivity contribution in [2.75, 3.05) is 16.4 Å². The molecule has 0 saturated carbocycles. The lowest BCUT2D eigenvalue weighted by Gasteiger charge is -2.34. The maximum Gasteiger partial charge on any atom is 0.159 e. The molecule has 1 aromatic heterocycles. The van der Waals surface area contributed by atoms with Gasteiger partial charge in [0, 0.05) is 44.0 Å². The minimum atomic E-state index is -0.0581. The molecule has 0 N–H and O–H groups in total. The van der Waals surface area contributed by atoms with E-state index in [0.717, 1.165) is 76.0 Å². The Kier molecular flexibility index (Phi) is 10.00. The van der Waals surface area contributed by atoms with Crippen molar-refractivity contribution >= 4 is 83.0 Å². The van der Waals surface area contributed by atoms with Gasteiger partial charge < -0.3 is 19.0 Å². The Morgan fingerprint density at radius 1 is 0.545 bits per heavy atom. The number of fused-ring (bicyclic) bond motifs is 4. The molecule has 66 heavy (non-hydrogen) atoms. The van der Waals surface area contributed by atoms with Crippen molar-refractivity contribution in [3.63, 3.8) is 0 Å². The molecule has 1 aliphatic carbocycles. The molecule has 0 amide bonds. The number of aryl methyl sites for hydroxylation is 3. The summed E-state index contributed by atoms with van der Waals surface area (Å²) in [5, 5.41) is 8.47. The third-order valence-electron chi connectivity index (χ3n) is 14.1. The molecule has 328 valence electrons. The molecule has 2 aliphatic rings. The number of hydrogen-bond donors (Lipinski definition) is 0. The number of anilines is 6. The first-order chi connectivity index (χ1) is 31.9. The van der Waals surface area contributed by atoms with E-state index >= 15 is 0 Å². The fourth-order valence-electron chi connectivity index (χ4n) is 10.6. The van der Waals surface area contributed by atoms with Crippen LogP contribution in [0.4, 0.5) is 34.1 Å². The molecule has 1 aliphatic heterocycles. The van der Waals surface area contributed by atoms with E-state index in [2.05, 4.69) is 223 Å². The molecule has 9 aromatic rings. The summed E-state index contributed by atoms with van der Waals surface area (Å²) in [6.07, 6.45) is 11.8. The van der Waals surface area contributed by atoms with Crippen LogP contribution in [-0.4, -0.2) is 6.61 Å². The molecular weight excluding hydrogens is 805 g/mol. The highest BCUT2D eigenvalue weighted by molar-refractivity contribution is 6.29. The fraction of sp³-hybridized carbons (Fsp3) is 0.226. The first-order valence-corrected chi connectivity index (χ1v) is 23.6. The molecule has 2 heterocycles. The molecule has 0 spiro atoms. The Morgan fingerprint density at radius 3 is 1.80 bits per heavy atom. The number of allylic oxidation sites excluding steroid dienone is 5. The van der Waals surface area contributed by atoms with Gasteiger partial charge in [-0.15, -0.1) is 0 Å². The molecular formula is C62H58N2O2. The molecule has 0 atom stereocenters. The van der Waals surface area contributed by atoms with Crippen molar-refractivity contribution in [3.05, 3.63) is 191 Å². The summed E-state index contributed by atoms with van der Waals surface area (Å²) < 4.78 is 14.4. The van der Waals surface area contributed by atoms with Crippen molar-refractivity contribution in [2.45, 2.75) is 74.7 Å². The Bertz CT molecular complexity index is 3440. The third kappa shape index (κ3) is 6.88. The molecule has 0 fully saturated rings. The van der Waals surface area contributed by atoms with Crippen LogP contribution < -0.4 is 14.5 Å². The van der Waals surface area contributed by atoms with E-state index in [4.69, 9.17) is 9.15 Å². The Labute approximate surface area is 389 Å². The summed E-state index contributed by atoms with van der Waals surface area (Å²) in [4.78, 5) is 4.97. The zero-order valence-electron chi connectivity index (χ0n) is 39.6. The summed E-state index contributed by atoms with van der Waals surface area (Å²) in [6.45, 7) is 18.6. The lowest BCUT2D eigenvalue weighted by molar-refractivity contribution is 0.314. The van der Waals surface area contributed by atoms with E-state index < -0.39 is 0 Å². The number of nitrogens with zero attached hydrogens (tertiary/aromatic N) is 2. The van der Waals surface area contributed by atoms with Crippen LogP contribution in [0.15, 0.2) is 168 Å². The highest BCUT2D eigenvalue weighted by Crippen LogP contribution is 2.54. The van der Waals surface area contributed by atoms with Crippen LogP contribution in [0, 0.1) is 24.7 Å². The second-order valence-corrected chi connectivity index (χ2v) is 20.4. The van der Waals surface area contributed by atoms with Gasteiger partial charge in [0.1, 0.15) is 18.1 Å². The molecule has 4 heteroatoms. The van der Waals surface area contributed by atoms with Crippen molar-refractivity contribution in [1.29, 1.82) is 0 Å². The van der Waals surface area contributed by atoms with Crippen molar-refractivity contribution in [2.24, 2.45) is 10.8 Å². The maximum atomic E-state index is 7.26. The van der Waals surface area contributed by atoms with E-state index in [1.54, 1.807) is 0 Å². The van der Waals surface area contributed by atoms with Crippen LogP contribution in [0.1, 0.15) is 76.0 Å². The van der Waals surface area contributed by atoms with E-state index in [1.807, 2.05) is 0 Å². The average Bonchev–Trinajstić information content (AvgIpc) is 3.73. The number of ether oxygens (including phenoxy) is 1. The normalized spacial score (nSPS) is 15.6. The smallest absolute Gasteiger partial charge is 0.159 e. The van der Waals surface area contributed by atoms with Crippen LogP contribution in [-0.2, 0) is 12.8 Å². The van der Waals surface area contributed by atoms with Gasteiger partial charge in [-0.2, -0.15) is 0 Å². The Morgan fingerprint density at radius 2 is 1.15 bits per heavy atom. The lowest BCUT2D eigenvalue weighted by atomic mass is 9.80. The van der Waals surface area contributed by atoms with Gasteiger partial charge in [0.2, 0.25) is 0 Å². The summed E-state index contributed by atoms with van der Waals surface area (Å²) in [7, 11) is 0. The summed E-state index contributed by atoms with van der Waals surface area (Å²) in [6, 6.07) is 49.4. The van der Waals surface area contributed by atoms with Gasteiger partial charge in [-0.25, -0.2) is 0 Å². The van der Waals surface area contributed by atoms with Gasteiger partial charge in [0.15, 0.2) is 5.58 Å². The number of para-hydroxylation sites is 4. The second-order valence-electron chi connectivity index (χ2n) is 20.4. The summed E-state index contributed by atoms with van der Waals surface area (Å²) in [5.41, 5.74) is 14.5. The van der Waals surface area contributed by atoms with E-state index in [0.29, 0.717) is 6.61 Å². The predicted molar refractivity (Wildman–Crippen MR) is 280 cm³/mol. The lowest BCUT2D eigenvalue weighted by Crippen LogP contribution is -2.19. The minimum Gasteiger partial charge on any atom is -0.487 e. The average molecular weight is 863 g/mol. The molecule has 4 nitrogen and oxygen atoms in total. The van der Waals surface area contributed by atoms with E-state index in [-0.39, 0.29) is 10.8 Å². The van der Waals surface area contributed by atoms with Crippen molar-refractivity contribution < 1.29 is 9.15 Å². The zero-order chi connectivity index (χ0) is 45.5. The Balaban J connectivity index is 1.26. The third-order valence-corrected chi connectivity index (χ3v) is 14.1. The summed E-state index contributed by atoms with van der Waals surface area (Å²) in [5.74, 6) is 1.93. The number of benzene rings is 8.